The van der Waals surface area contributed by atoms with Crippen LogP contribution in [0.2, 0.25) is 0 Å². The second kappa shape index (κ2) is 15.7. The van der Waals surface area contributed by atoms with E-state index in [0.717, 1.165) is 56.4 Å². The molecule has 1 heterocycles. The first-order valence-electron chi connectivity index (χ1n) is 11.3. The Morgan fingerprint density at radius 3 is 2.73 bits per heavy atom. The van der Waals surface area contributed by atoms with Crippen molar-refractivity contribution in [2.75, 3.05) is 59.5 Å². The zero-order valence-corrected chi connectivity index (χ0v) is 21.7. The number of hydrogen-bond donors (Lipinski definition) is 2. The topological polar surface area (TPSA) is 52.1 Å². The van der Waals surface area contributed by atoms with Gasteiger partial charge in [-0.25, -0.2) is 4.99 Å². The maximum atomic E-state index is 5.92. The van der Waals surface area contributed by atoms with Gasteiger partial charge in [-0.2, -0.15) is 0 Å². The second-order valence-corrected chi connectivity index (χ2v) is 7.93. The van der Waals surface area contributed by atoms with E-state index in [1.165, 1.54) is 38.2 Å². The molecule has 0 radical (unpaired) electrons. The quantitative estimate of drug-likeness (QED) is 0.210. The number of aryl methyl sites for hydroxylation is 1. The average Bonchev–Trinajstić information content (AvgIpc) is 2.92. The smallest absolute Gasteiger partial charge is 0.191 e. The van der Waals surface area contributed by atoms with Gasteiger partial charge >= 0.3 is 0 Å². The monoisotopic (exact) mass is 531 g/mol. The molecule has 1 fully saturated rings. The van der Waals surface area contributed by atoms with Crippen LogP contribution in [0.5, 0.6) is 5.75 Å². The normalized spacial score (nSPS) is 15.9. The fourth-order valence-electron chi connectivity index (χ4n) is 3.48. The Balaban J connectivity index is 0.00000450. The third kappa shape index (κ3) is 10.3. The standard InChI is InChI=1S/C23H41N5O.HI/c1-5-17-29-22-18-20(3)9-10-21(22)19-26-23(24-6-2)25-11-7-13-28-14-8-12-27(4)15-16-28;/h9-10,18H,5-8,11-17,19H2,1-4H3,(H2,24,25,26);1H. The number of nitrogens with zero attached hydrogens (tertiary/aromatic N) is 3. The number of hydrogen-bond acceptors (Lipinski definition) is 4. The second-order valence-electron chi connectivity index (χ2n) is 7.93. The molecule has 1 aromatic rings. The molecular weight excluding hydrogens is 489 g/mol. The maximum absolute atomic E-state index is 5.92. The summed E-state index contributed by atoms with van der Waals surface area (Å²) in [7, 11) is 2.22. The van der Waals surface area contributed by atoms with Gasteiger partial charge in [0, 0.05) is 31.7 Å². The Hall–Kier alpha value is -1.06. The van der Waals surface area contributed by atoms with Crippen molar-refractivity contribution in [2.24, 2.45) is 4.99 Å². The molecule has 0 amide bonds. The van der Waals surface area contributed by atoms with Crippen molar-refractivity contribution >= 4 is 29.9 Å². The highest BCUT2D eigenvalue weighted by atomic mass is 127. The van der Waals surface area contributed by atoms with Crippen molar-refractivity contribution < 1.29 is 4.74 Å². The van der Waals surface area contributed by atoms with Gasteiger partial charge in [-0.05, 0) is 71.4 Å². The van der Waals surface area contributed by atoms with Gasteiger partial charge in [-0.3, -0.25) is 0 Å². The Labute approximate surface area is 200 Å². The van der Waals surface area contributed by atoms with Crippen LogP contribution in [0.1, 0.15) is 44.2 Å². The third-order valence-corrected chi connectivity index (χ3v) is 5.19. The van der Waals surface area contributed by atoms with E-state index in [1.54, 1.807) is 0 Å². The van der Waals surface area contributed by atoms with Crippen LogP contribution in [-0.4, -0.2) is 75.2 Å². The average molecular weight is 532 g/mol. The lowest BCUT2D eigenvalue weighted by Gasteiger charge is -2.20. The lowest BCUT2D eigenvalue weighted by Crippen LogP contribution is -2.39. The summed E-state index contributed by atoms with van der Waals surface area (Å²) in [6.07, 6.45) is 3.41. The number of aliphatic imine (C=N–C) groups is 1. The number of nitrogens with one attached hydrogen (secondary N) is 2. The van der Waals surface area contributed by atoms with Crippen LogP contribution < -0.4 is 15.4 Å². The van der Waals surface area contributed by atoms with E-state index in [-0.39, 0.29) is 24.0 Å². The Morgan fingerprint density at radius 2 is 1.97 bits per heavy atom. The fourth-order valence-corrected chi connectivity index (χ4v) is 3.48. The molecule has 30 heavy (non-hydrogen) atoms. The van der Waals surface area contributed by atoms with Crippen LogP contribution in [-0.2, 0) is 6.54 Å². The summed E-state index contributed by atoms with van der Waals surface area (Å²) in [6, 6.07) is 6.37. The summed E-state index contributed by atoms with van der Waals surface area (Å²) >= 11 is 0. The van der Waals surface area contributed by atoms with Gasteiger partial charge in [-0.1, -0.05) is 19.1 Å². The minimum Gasteiger partial charge on any atom is -0.493 e. The molecular formula is C23H42IN5O. The van der Waals surface area contributed by atoms with Crippen LogP contribution in [0.25, 0.3) is 0 Å². The number of rotatable bonds is 10. The number of halogens is 1. The van der Waals surface area contributed by atoms with E-state index in [9.17, 15) is 0 Å². The molecule has 0 spiro atoms. The molecule has 0 saturated carbocycles. The number of benzene rings is 1. The highest BCUT2D eigenvalue weighted by Crippen LogP contribution is 2.21. The molecule has 6 nitrogen and oxygen atoms in total. The van der Waals surface area contributed by atoms with E-state index in [1.807, 2.05) is 0 Å². The summed E-state index contributed by atoms with van der Waals surface area (Å²) in [5.74, 6) is 1.84. The van der Waals surface area contributed by atoms with Crippen LogP contribution >= 0.6 is 24.0 Å². The summed E-state index contributed by atoms with van der Waals surface area (Å²) in [5, 5.41) is 6.85. The molecule has 1 aromatic carbocycles. The zero-order chi connectivity index (χ0) is 20.9. The molecule has 1 aliphatic rings. The Kier molecular flexibility index (Phi) is 14.1. The lowest BCUT2D eigenvalue weighted by atomic mass is 10.1. The molecule has 0 unspecified atom stereocenters. The number of ether oxygens (including phenoxy) is 1. The first-order valence-corrected chi connectivity index (χ1v) is 11.3. The minimum atomic E-state index is 0. The van der Waals surface area contributed by atoms with Crippen LogP contribution in [0.4, 0.5) is 0 Å². The van der Waals surface area contributed by atoms with Gasteiger partial charge in [0.05, 0.1) is 13.2 Å². The zero-order valence-electron chi connectivity index (χ0n) is 19.4. The fraction of sp³-hybridized carbons (Fsp3) is 0.696. The molecule has 7 heteroatoms. The molecule has 0 atom stereocenters. The summed E-state index contributed by atoms with van der Waals surface area (Å²) in [5.41, 5.74) is 2.35. The molecule has 1 saturated heterocycles. The van der Waals surface area contributed by atoms with Crippen molar-refractivity contribution in [1.29, 1.82) is 0 Å². The van der Waals surface area contributed by atoms with Crippen LogP contribution in [0.15, 0.2) is 23.2 Å². The summed E-state index contributed by atoms with van der Waals surface area (Å²) in [4.78, 5) is 9.80. The highest BCUT2D eigenvalue weighted by Gasteiger charge is 2.11. The summed E-state index contributed by atoms with van der Waals surface area (Å²) in [6.45, 7) is 15.4. The van der Waals surface area contributed by atoms with Crippen LogP contribution in [0.3, 0.4) is 0 Å². The van der Waals surface area contributed by atoms with Gasteiger partial charge in [0.1, 0.15) is 5.75 Å². The highest BCUT2D eigenvalue weighted by molar-refractivity contribution is 14.0. The first kappa shape index (κ1) is 27.0. The van der Waals surface area contributed by atoms with Gasteiger partial charge in [-0.15, -0.1) is 24.0 Å². The van der Waals surface area contributed by atoms with Crippen molar-refractivity contribution in [2.45, 2.75) is 46.6 Å². The SMILES string of the molecule is CCCOc1cc(C)ccc1CN=C(NCC)NCCCN1CCCN(C)CC1.I. The molecule has 0 aromatic heterocycles. The first-order chi connectivity index (χ1) is 14.1. The van der Waals surface area contributed by atoms with E-state index in [0.29, 0.717) is 6.54 Å². The van der Waals surface area contributed by atoms with Crippen molar-refractivity contribution in [3.8, 4) is 5.75 Å². The molecule has 2 rings (SSSR count). The van der Waals surface area contributed by atoms with Crippen molar-refractivity contribution in [3.05, 3.63) is 29.3 Å². The molecule has 1 aliphatic heterocycles. The van der Waals surface area contributed by atoms with Crippen LogP contribution in [0, 0.1) is 6.92 Å². The van der Waals surface area contributed by atoms with Gasteiger partial charge in [0.2, 0.25) is 0 Å². The van der Waals surface area contributed by atoms with Gasteiger partial charge in [0.15, 0.2) is 5.96 Å². The lowest BCUT2D eigenvalue weighted by molar-refractivity contribution is 0.274. The molecule has 172 valence electrons. The largest absolute Gasteiger partial charge is 0.493 e. The minimum absolute atomic E-state index is 0. The van der Waals surface area contributed by atoms with E-state index < -0.39 is 0 Å². The third-order valence-electron chi connectivity index (χ3n) is 5.19. The number of guanidine groups is 1. The van der Waals surface area contributed by atoms with Gasteiger partial charge < -0.3 is 25.2 Å². The Bertz CT molecular complexity index is 626. The van der Waals surface area contributed by atoms with Crippen molar-refractivity contribution in [1.82, 2.24) is 20.4 Å². The molecule has 0 aliphatic carbocycles. The Morgan fingerprint density at radius 1 is 1.13 bits per heavy atom. The maximum Gasteiger partial charge on any atom is 0.191 e. The van der Waals surface area contributed by atoms with E-state index in [4.69, 9.17) is 9.73 Å². The summed E-state index contributed by atoms with van der Waals surface area (Å²) < 4.78 is 5.92. The van der Waals surface area contributed by atoms with E-state index >= 15 is 0 Å². The molecule has 0 bridgehead atoms. The predicted octanol–water partition coefficient (Wildman–Crippen LogP) is 3.48. The van der Waals surface area contributed by atoms with Gasteiger partial charge in [0.25, 0.3) is 0 Å². The number of likely N-dealkylation sites (N-methyl/N-ethyl adjacent to an activating group) is 1. The van der Waals surface area contributed by atoms with Crippen molar-refractivity contribution in [3.63, 3.8) is 0 Å². The predicted molar refractivity (Wildman–Crippen MR) is 138 cm³/mol. The van der Waals surface area contributed by atoms with E-state index in [2.05, 4.69) is 66.5 Å². The molecule has 2 N–H and O–H groups in total.